The molecule has 1 N–H and O–H groups in total. The number of aromatic amines is 1. The highest BCUT2D eigenvalue weighted by Gasteiger charge is 2.42. The van der Waals surface area contributed by atoms with Gasteiger partial charge in [0.25, 0.3) is 5.91 Å². The van der Waals surface area contributed by atoms with E-state index in [0.717, 1.165) is 18.4 Å². The van der Waals surface area contributed by atoms with Crippen LogP contribution in [0.4, 0.5) is 0 Å². The number of aromatic nitrogens is 3. The Morgan fingerprint density at radius 3 is 2.89 bits per heavy atom. The number of hydrogen-bond donors (Lipinski definition) is 1. The Labute approximate surface area is 157 Å². The van der Waals surface area contributed by atoms with E-state index < -0.39 is 0 Å². The predicted molar refractivity (Wildman–Crippen MR) is 97.8 cm³/mol. The van der Waals surface area contributed by atoms with Crippen molar-refractivity contribution in [1.29, 1.82) is 0 Å². The first-order valence-corrected chi connectivity index (χ1v) is 9.22. The molecule has 0 aliphatic carbocycles. The monoisotopic (exact) mass is 369 g/mol. The SMILES string of the molecule is COCCN1C(=O)[C@H]2CC[C@@H]1CN(C(=O)c1cc(-c3ccncc3)n[nH]1)C2. The van der Waals surface area contributed by atoms with E-state index >= 15 is 0 Å². The van der Waals surface area contributed by atoms with Crippen molar-refractivity contribution in [2.75, 3.05) is 33.4 Å². The fourth-order valence-corrected chi connectivity index (χ4v) is 3.96. The van der Waals surface area contributed by atoms with Crippen molar-refractivity contribution in [1.82, 2.24) is 25.0 Å². The first-order valence-electron chi connectivity index (χ1n) is 9.22. The summed E-state index contributed by atoms with van der Waals surface area (Å²) >= 11 is 0. The second kappa shape index (κ2) is 7.48. The maximum Gasteiger partial charge on any atom is 0.271 e. The standard InChI is InChI=1S/C19H23N5O3/c1-27-9-8-24-15-3-2-14(18(24)25)11-23(12-15)19(26)17-10-16(21-22-17)13-4-6-20-7-5-13/h4-7,10,14-15H,2-3,8-9,11-12H2,1H3,(H,21,22)/t14-,15+/m0/s1. The molecule has 0 spiro atoms. The Kier molecular flexibility index (Phi) is 4.89. The Morgan fingerprint density at radius 2 is 2.11 bits per heavy atom. The average Bonchev–Trinajstić information content (AvgIpc) is 3.04. The maximum absolute atomic E-state index is 13.0. The van der Waals surface area contributed by atoms with Crippen molar-refractivity contribution in [3.05, 3.63) is 36.3 Å². The van der Waals surface area contributed by atoms with Crippen molar-refractivity contribution in [3.63, 3.8) is 0 Å². The van der Waals surface area contributed by atoms with Gasteiger partial charge in [-0.05, 0) is 31.0 Å². The van der Waals surface area contributed by atoms with Crippen molar-refractivity contribution < 1.29 is 14.3 Å². The lowest BCUT2D eigenvalue weighted by atomic mass is 9.94. The highest BCUT2D eigenvalue weighted by molar-refractivity contribution is 5.94. The number of hydrogen-bond acceptors (Lipinski definition) is 5. The first kappa shape index (κ1) is 17.7. The topological polar surface area (TPSA) is 91.4 Å². The minimum absolute atomic E-state index is 0.0536. The highest BCUT2D eigenvalue weighted by Crippen LogP contribution is 2.30. The van der Waals surface area contributed by atoms with Gasteiger partial charge in [-0.25, -0.2) is 0 Å². The number of nitrogens with zero attached hydrogens (tertiary/aromatic N) is 4. The van der Waals surface area contributed by atoms with Gasteiger partial charge < -0.3 is 14.5 Å². The maximum atomic E-state index is 13.0. The minimum Gasteiger partial charge on any atom is -0.383 e. The molecule has 3 aliphatic heterocycles. The van der Waals surface area contributed by atoms with Gasteiger partial charge in [-0.3, -0.25) is 19.7 Å². The predicted octanol–water partition coefficient (Wildman–Crippen LogP) is 1.18. The smallest absolute Gasteiger partial charge is 0.271 e. The number of pyridine rings is 1. The molecule has 0 aromatic carbocycles. The van der Waals surface area contributed by atoms with E-state index in [2.05, 4.69) is 15.2 Å². The summed E-state index contributed by atoms with van der Waals surface area (Å²) in [4.78, 5) is 33.4. The molecule has 8 heteroatoms. The van der Waals surface area contributed by atoms with Gasteiger partial charge in [-0.15, -0.1) is 0 Å². The number of ether oxygens (including phenoxy) is 1. The van der Waals surface area contributed by atoms with Crippen LogP contribution in [0, 0.1) is 5.92 Å². The van der Waals surface area contributed by atoms with Gasteiger partial charge in [0.05, 0.1) is 18.2 Å². The normalized spacial score (nSPS) is 22.2. The van der Waals surface area contributed by atoms with Crippen molar-refractivity contribution in [2.45, 2.75) is 18.9 Å². The van der Waals surface area contributed by atoms with Crippen LogP contribution in [-0.4, -0.2) is 76.2 Å². The van der Waals surface area contributed by atoms with Crippen LogP contribution in [0.15, 0.2) is 30.6 Å². The van der Waals surface area contributed by atoms with Crippen LogP contribution in [0.3, 0.4) is 0 Å². The molecule has 0 unspecified atom stereocenters. The van der Waals surface area contributed by atoms with Crippen LogP contribution in [0.1, 0.15) is 23.3 Å². The van der Waals surface area contributed by atoms with E-state index in [1.807, 2.05) is 17.0 Å². The Balaban J connectivity index is 1.52. The summed E-state index contributed by atoms with van der Waals surface area (Å²) in [6, 6.07) is 5.51. The van der Waals surface area contributed by atoms with E-state index in [4.69, 9.17) is 4.74 Å². The quantitative estimate of drug-likeness (QED) is 0.855. The van der Waals surface area contributed by atoms with Crippen molar-refractivity contribution in [3.8, 4) is 11.3 Å². The largest absolute Gasteiger partial charge is 0.383 e. The van der Waals surface area contributed by atoms with Crippen LogP contribution in [-0.2, 0) is 9.53 Å². The number of H-pyrrole nitrogens is 1. The van der Waals surface area contributed by atoms with Crippen molar-refractivity contribution >= 4 is 11.8 Å². The summed E-state index contributed by atoms with van der Waals surface area (Å²) in [5, 5.41) is 7.10. The zero-order chi connectivity index (χ0) is 18.8. The Bertz CT molecular complexity index is 822. The summed E-state index contributed by atoms with van der Waals surface area (Å²) in [5.41, 5.74) is 2.05. The second-order valence-corrected chi connectivity index (χ2v) is 7.07. The molecule has 8 nitrogen and oxygen atoms in total. The molecule has 2 atom stereocenters. The molecule has 2 aromatic rings. The highest BCUT2D eigenvalue weighted by atomic mass is 16.5. The van der Waals surface area contributed by atoms with Crippen LogP contribution in [0.25, 0.3) is 11.3 Å². The molecule has 3 saturated heterocycles. The molecule has 2 amide bonds. The summed E-state index contributed by atoms with van der Waals surface area (Å²) in [6.45, 7) is 2.10. The zero-order valence-electron chi connectivity index (χ0n) is 15.3. The van der Waals surface area contributed by atoms with Crippen LogP contribution in [0.5, 0.6) is 0 Å². The number of methoxy groups -OCH3 is 1. The minimum atomic E-state index is -0.132. The third-order valence-corrected chi connectivity index (χ3v) is 5.40. The van der Waals surface area contributed by atoms with Gasteiger partial charge in [-0.1, -0.05) is 0 Å². The molecule has 5 rings (SSSR count). The van der Waals surface area contributed by atoms with Gasteiger partial charge in [0.2, 0.25) is 5.91 Å². The molecule has 3 aliphatic rings. The Hall–Kier alpha value is -2.74. The molecule has 2 bridgehead atoms. The van der Waals surface area contributed by atoms with Gasteiger partial charge in [0, 0.05) is 50.7 Å². The molecule has 0 radical (unpaired) electrons. The summed E-state index contributed by atoms with van der Waals surface area (Å²) in [7, 11) is 1.63. The fourth-order valence-electron chi connectivity index (χ4n) is 3.96. The van der Waals surface area contributed by atoms with Gasteiger partial charge in [0.1, 0.15) is 5.69 Å². The van der Waals surface area contributed by atoms with E-state index in [9.17, 15) is 9.59 Å². The molecule has 3 fully saturated rings. The zero-order valence-corrected chi connectivity index (χ0v) is 15.3. The molecule has 2 aromatic heterocycles. The molecule has 0 saturated carbocycles. The lowest BCUT2D eigenvalue weighted by Gasteiger charge is -2.35. The lowest BCUT2D eigenvalue weighted by Crippen LogP contribution is -2.49. The van der Waals surface area contributed by atoms with Crippen LogP contribution < -0.4 is 0 Å². The van der Waals surface area contributed by atoms with Crippen molar-refractivity contribution in [2.24, 2.45) is 5.92 Å². The lowest BCUT2D eigenvalue weighted by molar-refractivity contribution is -0.140. The van der Waals surface area contributed by atoms with E-state index in [-0.39, 0.29) is 23.8 Å². The number of carbonyl (C=O) groups is 2. The molecule has 142 valence electrons. The van der Waals surface area contributed by atoms with Gasteiger partial charge >= 0.3 is 0 Å². The summed E-state index contributed by atoms with van der Waals surface area (Å²) in [5.74, 6) is -0.103. The third kappa shape index (κ3) is 3.44. The van der Waals surface area contributed by atoms with E-state index in [0.29, 0.717) is 37.6 Å². The number of fused-ring (bicyclic) bond motifs is 4. The number of nitrogens with one attached hydrogen (secondary N) is 1. The van der Waals surface area contributed by atoms with Gasteiger partial charge in [-0.2, -0.15) is 5.10 Å². The summed E-state index contributed by atoms with van der Waals surface area (Å²) in [6.07, 6.45) is 5.15. The second-order valence-electron chi connectivity index (χ2n) is 7.07. The molecule has 5 heterocycles. The van der Waals surface area contributed by atoms with E-state index in [1.54, 1.807) is 30.5 Å². The Morgan fingerprint density at radius 1 is 1.30 bits per heavy atom. The molecular formula is C19H23N5O3. The van der Waals surface area contributed by atoms with Gasteiger partial charge in [0.15, 0.2) is 0 Å². The molecule has 27 heavy (non-hydrogen) atoms. The summed E-state index contributed by atoms with van der Waals surface area (Å²) < 4.78 is 5.14. The number of rotatable bonds is 5. The number of piperidine rings is 1. The van der Waals surface area contributed by atoms with Crippen LogP contribution >= 0.6 is 0 Å². The number of carbonyl (C=O) groups excluding carboxylic acids is 2. The van der Waals surface area contributed by atoms with Crippen LogP contribution in [0.2, 0.25) is 0 Å². The third-order valence-electron chi connectivity index (χ3n) is 5.40. The molecular weight excluding hydrogens is 346 g/mol. The van der Waals surface area contributed by atoms with E-state index in [1.165, 1.54) is 0 Å². The fraction of sp³-hybridized carbons (Fsp3) is 0.474. The number of amides is 2. The average molecular weight is 369 g/mol. The first-order chi connectivity index (χ1) is 13.2.